The molecule has 1 fully saturated rings. The van der Waals surface area contributed by atoms with Crippen LogP contribution in [0, 0.1) is 0 Å². The van der Waals surface area contributed by atoms with Crippen molar-refractivity contribution < 1.29 is 4.74 Å². The van der Waals surface area contributed by atoms with Crippen molar-refractivity contribution in [3.63, 3.8) is 0 Å². The van der Waals surface area contributed by atoms with Gasteiger partial charge in [0.1, 0.15) is 0 Å². The van der Waals surface area contributed by atoms with E-state index in [0.717, 1.165) is 32.5 Å². The standard InChI is InChI=1S/C15H19N3O3S/c19-14-6-12(16-15(20)17-14)8-18(7-11-3-5-22-10-11)9-13-2-1-4-21-13/h3,5-6,10,13H,1-2,4,7-9H2,(H2,16,17,19,20). The summed E-state index contributed by atoms with van der Waals surface area (Å²) >= 11 is 1.66. The molecule has 0 aliphatic carbocycles. The normalized spacial score (nSPS) is 18.1. The average Bonchev–Trinajstić information content (AvgIpc) is 3.11. The van der Waals surface area contributed by atoms with Gasteiger partial charge in [-0.1, -0.05) is 0 Å². The van der Waals surface area contributed by atoms with Crippen LogP contribution in [0.25, 0.3) is 0 Å². The van der Waals surface area contributed by atoms with Gasteiger partial charge in [-0.15, -0.1) is 0 Å². The van der Waals surface area contributed by atoms with Crippen LogP contribution in [-0.4, -0.2) is 34.1 Å². The van der Waals surface area contributed by atoms with Gasteiger partial charge in [0.15, 0.2) is 0 Å². The highest BCUT2D eigenvalue weighted by molar-refractivity contribution is 7.07. The number of nitrogens with one attached hydrogen (secondary N) is 2. The molecule has 0 aromatic carbocycles. The zero-order valence-corrected chi connectivity index (χ0v) is 13.0. The third-order valence-electron chi connectivity index (χ3n) is 3.68. The number of H-pyrrole nitrogens is 2. The first-order valence-corrected chi connectivity index (χ1v) is 8.31. The number of hydrogen-bond donors (Lipinski definition) is 2. The second-order valence-corrected chi connectivity index (χ2v) is 6.33. The van der Waals surface area contributed by atoms with Gasteiger partial charge in [-0.3, -0.25) is 14.7 Å². The predicted octanol–water partition coefficient (Wildman–Crippen LogP) is 1.31. The minimum atomic E-state index is -0.463. The molecule has 0 amide bonds. The van der Waals surface area contributed by atoms with Gasteiger partial charge in [0, 0.05) is 38.0 Å². The molecule has 0 bridgehead atoms. The quantitative estimate of drug-likeness (QED) is 0.841. The van der Waals surface area contributed by atoms with Gasteiger partial charge in [-0.05, 0) is 35.2 Å². The first-order chi connectivity index (χ1) is 10.7. The van der Waals surface area contributed by atoms with Crippen molar-refractivity contribution in [1.29, 1.82) is 0 Å². The number of ether oxygens (including phenoxy) is 1. The van der Waals surface area contributed by atoms with Crippen molar-refractivity contribution in [3.05, 3.63) is 55.0 Å². The highest BCUT2D eigenvalue weighted by atomic mass is 32.1. The van der Waals surface area contributed by atoms with Crippen LogP contribution >= 0.6 is 11.3 Å². The maximum Gasteiger partial charge on any atom is 0.325 e. The number of aromatic nitrogens is 2. The number of hydrogen-bond acceptors (Lipinski definition) is 5. The Balaban J connectivity index is 1.74. The van der Waals surface area contributed by atoms with E-state index < -0.39 is 5.69 Å². The summed E-state index contributed by atoms with van der Waals surface area (Å²) in [5, 5.41) is 4.16. The van der Waals surface area contributed by atoms with Gasteiger partial charge < -0.3 is 9.72 Å². The molecule has 6 nitrogen and oxygen atoms in total. The van der Waals surface area contributed by atoms with Crippen LogP contribution in [0.4, 0.5) is 0 Å². The third-order valence-corrected chi connectivity index (χ3v) is 4.41. The van der Waals surface area contributed by atoms with Gasteiger partial charge >= 0.3 is 5.69 Å². The lowest BCUT2D eigenvalue weighted by atomic mass is 10.2. The summed E-state index contributed by atoms with van der Waals surface area (Å²) in [6, 6.07) is 3.53. The lowest BCUT2D eigenvalue weighted by molar-refractivity contribution is 0.0675. The molecule has 1 atom stereocenters. The minimum absolute atomic E-state index is 0.229. The second-order valence-electron chi connectivity index (χ2n) is 5.55. The van der Waals surface area contributed by atoms with E-state index in [9.17, 15) is 9.59 Å². The lowest BCUT2D eigenvalue weighted by Crippen LogP contribution is -2.33. The monoisotopic (exact) mass is 321 g/mol. The summed E-state index contributed by atoms with van der Waals surface area (Å²) in [4.78, 5) is 29.9. The molecule has 1 unspecified atom stereocenters. The molecule has 2 aromatic rings. The molecule has 2 N–H and O–H groups in total. The average molecular weight is 321 g/mol. The van der Waals surface area contributed by atoms with E-state index in [4.69, 9.17) is 4.74 Å². The molecule has 1 aliphatic heterocycles. The largest absolute Gasteiger partial charge is 0.377 e. The van der Waals surface area contributed by atoms with Crippen LogP contribution in [-0.2, 0) is 17.8 Å². The summed E-state index contributed by atoms with van der Waals surface area (Å²) in [5.41, 5.74) is 1.03. The maximum atomic E-state index is 11.4. The highest BCUT2D eigenvalue weighted by Crippen LogP contribution is 2.17. The summed E-state index contributed by atoms with van der Waals surface area (Å²) in [6.45, 7) is 2.91. The van der Waals surface area contributed by atoms with Crippen LogP contribution in [0.1, 0.15) is 24.1 Å². The smallest absolute Gasteiger partial charge is 0.325 e. The molecule has 0 saturated carbocycles. The van der Waals surface area contributed by atoms with Gasteiger partial charge in [-0.25, -0.2) is 4.79 Å². The van der Waals surface area contributed by atoms with E-state index in [-0.39, 0.29) is 11.7 Å². The van der Waals surface area contributed by atoms with E-state index in [2.05, 4.69) is 31.7 Å². The Bertz CT molecular complexity index is 673. The van der Waals surface area contributed by atoms with E-state index in [1.165, 1.54) is 11.6 Å². The number of thiophene rings is 1. The Labute approximate surface area is 131 Å². The Hall–Kier alpha value is -1.70. The van der Waals surface area contributed by atoms with Crippen molar-refractivity contribution in [3.8, 4) is 0 Å². The van der Waals surface area contributed by atoms with E-state index in [1.54, 1.807) is 11.3 Å². The zero-order chi connectivity index (χ0) is 15.4. The molecule has 1 aliphatic rings. The van der Waals surface area contributed by atoms with Crippen molar-refractivity contribution in [1.82, 2.24) is 14.9 Å². The molecule has 22 heavy (non-hydrogen) atoms. The van der Waals surface area contributed by atoms with Crippen LogP contribution in [0.2, 0.25) is 0 Å². The Morgan fingerprint density at radius 3 is 2.91 bits per heavy atom. The summed E-state index contributed by atoms with van der Waals surface area (Å²) in [7, 11) is 0. The van der Waals surface area contributed by atoms with Crippen LogP contribution in [0.15, 0.2) is 32.5 Å². The molecule has 118 valence electrons. The topological polar surface area (TPSA) is 78.2 Å². The third kappa shape index (κ3) is 4.16. The van der Waals surface area contributed by atoms with Crippen LogP contribution < -0.4 is 11.2 Å². The SMILES string of the molecule is O=c1cc(CN(Cc2ccsc2)CC2CCCO2)[nH]c(=O)[nH]1. The minimum Gasteiger partial charge on any atom is -0.377 e. The number of nitrogens with zero attached hydrogens (tertiary/aromatic N) is 1. The molecule has 3 heterocycles. The van der Waals surface area contributed by atoms with E-state index in [0.29, 0.717) is 12.2 Å². The lowest BCUT2D eigenvalue weighted by Gasteiger charge is -2.24. The molecule has 2 aromatic heterocycles. The second kappa shape index (κ2) is 7.04. The zero-order valence-electron chi connectivity index (χ0n) is 12.2. The molecule has 0 radical (unpaired) electrons. The van der Waals surface area contributed by atoms with E-state index in [1.807, 2.05) is 0 Å². The van der Waals surface area contributed by atoms with Crippen molar-refractivity contribution in [2.45, 2.75) is 32.0 Å². The Kier molecular flexibility index (Phi) is 4.87. The van der Waals surface area contributed by atoms with E-state index >= 15 is 0 Å². The van der Waals surface area contributed by atoms with Crippen molar-refractivity contribution in [2.75, 3.05) is 13.2 Å². The van der Waals surface area contributed by atoms with Gasteiger partial charge in [0.25, 0.3) is 5.56 Å². The molecule has 7 heteroatoms. The molecule has 1 saturated heterocycles. The first-order valence-electron chi connectivity index (χ1n) is 7.36. The number of aromatic amines is 2. The molecular formula is C15H19N3O3S. The Morgan fingerprint density at radius 2 is 2.23 bits per heavy atom. The van der Waals surface area contributed by atoms with Gasteiger partial charge in [0.05, 0.1) is 6.10 Å². The first kappa shape index (κ1) is 15.2. The van der Waals surface area contributed by atoms with Crippen LogP contribution in [0.3, 0.4) is 0 Å². The molecular weight excluding hydrogens is 302 g/mol. The van der Waals surface area contributed by atoms with Gasteiger partial charge in [0.2, 0.25) is 0 Å². The van der Waals surface area contributed by atoms with Gasteiger partial charge in [-0.2, -0.15) is 11.3 Å². The fraction of sp³-hybridized carbons (Fsp3) is 0.467. The fourth-order valence-electron chi connectivity index (χ4n) is 2.75. The summed E-state index contributed by atoms with van der Waals surface area (Å²) in [6.07, 6.45) is 2.39. The fourth-order valence-corrected chi connectivity index (χ4v) is 3.41. The molecule has 0 spiro atoms. The summed E-state index contributed by atoms with van der Waals surface area (Å²) < 4.78 is 5.71. The van der Waals surface area contributed by atoms with Crippen LogP contribution in [0.5, 0.6) is 0 Å². The molecule has 3 rings (SSSR count). The summed E-state index contributed by atoms with van der Waals surface area (Å²) in [5.74, 6) is 0. The predicted molar refractivity (Wildman–Crippen MR) is 85.1 cm³/mol. The van der Waals surface area contributed by atoms with Crippen molar-refractivity contribution >= 4 is 11.3 Å². The maximum absolute atomic E-state index is 11.4. The number of rotatable bonds is 6. The Morgan fingerprint density at radius 1 is 1.32 bits per heavy atom. The highest BCUT2D eigenvalue weighted by Gasteiger charge is 2.20. The van der Waals surface area contributed by atoms with Crippen molar-refractivity contribution in [2.24, 2.45) is 0 Å².